The van der Waals surface area contributed by atoms with Gasteiger partial charge in [-0.2, -0.15) is 0 Å². The Bertz CT molecular complexity index is 966. The predicted octanol–water partition coefficient (Wildman–Crippen LogP) is 6.27. The van der Waals surface area contributed by atoms with Crippen LogP contribution >= 0.6 is 0 Å². The van der Waals surface area contributed by atoms with E-state index in [1.54, 1.807) is 18.2 Å². The van der Waals surface area contributed by atoms with Crippen LogP contribution in [0, 0.1) is 6.92 Å². The summed E-state index contributed by atoms with van der Waals surface area (Å²) in [4.78, 5) is 22.9. The largest absolute Gasteiger partial charge is 0.334 e. The van der Waals surface area contributed by atoms with Gasteiger partial charge in [0.25, 0.3) is 0 Å². The van der Waals surface area contributed by atoms with Gasteiger partial charge in [0, 0.05) is 18.7 Å². The molecule has 1 heterocycles. The molecule has 0 bridgehead atoms. The van der Waals surface area contributed by atoms with Crippen molar-refractivity contribution in [3.05, 3.63) is 78.1 Å². The van der Waals surface area contributed by atoms with Crippen molar-refractivity contribution in [3.63, 3.8) is 0 Å². The third-order valence-corrected chi connectivity index (χ3v) is 5.04. The van der Waals surface area contributed by atoms with Gasteiger partial charge in [-0.05, 0) is 56.0 Å². The lowest BCUT2D eigenvalue weighted by molar-refractivity contribution is -0.0980. The maximum absolute atomic E-state index is 10.6. The number of carbonyl (C=O) groups excluding carboxylic acids is 2. The van der Waals surface area contributed by atoms with Crippen molar-refractivity contribution in [1.82, 2.24) is 14.9 Å². The third kappa shape index (κ3) is 9.79. The number of nitrogens with one attached hydrogen (secondary N) is 1. The van der Waals surface area contributed by atoms with E-state index in [4.69, 9.17) is 4.79 Å². The molecule has 0 fully saturated rings. The Hall–Kier alpha value is -3.31. The van der Waals surface area contributed by atoms with Gasteiger partial charge in [-0.1, -0.05) is 69.5 Å². The lowest BCUT2D eigenvalue weighted by atomic mass is 10.0. The summed E-state index contributed by atoms with van der Waals surface area (Å²) in [6.45, 7) is 19.1. The zero-order chi connectivity index (χ0) is 25.2. The van der Waals surface area contributed by atoms with Crippen LogP contribution in [0.15, 0.2) is 55.9 Å². The van der Waals surface area contributed by atoms with E-state index in [2.05, 4.69) is 69.4 Å². The van der Waals surface area contributed by atoms with E-state index in [9.17, 15) is 4.79 Å². The fourth-order valence-corrected chi connectivity index (χ4v) is 2.96. The molecule has 0 aliphatic rings. The quantitative estimate of drug-likeness (QED) is 0.432. The van der Waals surface area contributed by atoms with Crippen LogP contribution in [0.25, 0.3) is 23.2 Å². The fraction of sp³-hybridized carbons (Fsp3) is 0.321. The lowest BCUT2D eigenvalue weighted by Crippen LogP contribution is -2.25. The summed E-state index contributed by atoms with van der Waals surface area (Å²) in [5.41, 5.74) is 5.99. The average Bonchev–Trinajstić information content (AvgIpc) is 3.25. The minimum atomic E-state index is 0.655. The molecule has 1 unspecified atom stereocenters. The summed E-state index contributed by atoms with van der Waals surface area (Å²) in [6.07, 6.45) is 8.52. The second kappa shape index (κ2) is 17.3. The average molecular weight is 450 g/mol. The number of aromatic nitrogens is 2. The number of para-hydroxylation sites is 1. The molecule has 5 nitrogen and oxygen atoms in total. The number of fused-ring (bicyclic) bond motifs is 1. The van der Waals surface area contributed by atoms with Crippen LogP contribution in [0.3, 0.4) is 0 Å². The van der Waals surface area contributed by atoms with Gasteiger partial charge in [0.05, 0.1) is 17.4 Å². The Morgan fingerprint density at radius 2 is 1.70 bits per heavy atom. The first-order valence-corrected chi connectivity index (χ1v) is 11.1. The Morgan fingerprint density at radius 3 is 2.21 bits per heavy atom. The third-order valence-electron chi connectivity index (χ3n) is 5.04. The van der Waals surface area contributed by atoms with Crippen molar-refractivity contribution >= 4 is 36.3 Å². The van der Waals surface area contributed by atoms with E-state index in [0.717, 1.165) is 29.5 Å². The number of aldehydes is 1. The van der Waals surface area contributed by atoms with Crippen LogP contribution in [-0.4, -0.2) is 35.2 Å². The summed E-state index contributed by atoms with van der Waals surface area (Å²) in [5.74, 6) is 0. The first-order valence-electron chi connectivity index (χ1n) is 11.1. The summed E-state index contributed by atoms with van der Waals surface area (Å²) < 4.78 is 2.03. The number of hydrogen-bond donors (Lipinski definition) is 1. The van der Waals surface area contributed by atoms with Gasteiger partial charge < -0.3 is 14.7 Å². The molecule has 5 heteroatoms. The van der Waals surface area contributed by atoms with Crippen LogP contribution in [0.4, 0.5) is 0 Å². The van der Waals surface area contributed by atoms with Crippen LogP contribution < -0.4 is 5.32 Å². The topological polar surface area (TPSA) is 64.0 Å². The zero-order valence-corrected chi connectivity index (χ0v) is 20.8. The molecule has 0 radical (unpaired) electrons. The van der Waals surface area contributed by atoms with Crippen molar-refractivity contribution in [2.75, 3.05) is 6.54 Å². The normalized spacial score (nSPS) is 10.3. The molecule has 0 saturated heterocycles. The van der Waals surface area contributed by atoms with E-state index in [0.29, 0.717) is 11.6 Å². The molecule has 33 heavy (non-hydrogen) atoms. The second-order valence-electron chi connectivity index (χ2n) is 7.44. The molecule has 1 N–H and O–H groups in total. The van der Waals surface area contributed by atoms with E-state index < -0.39 is 0 Å². The Labute approximate surface area is 199 Å². The Balaban J connectivity index is 0.000000457. The van der Waals surface area contributed by atoms with Crippen LogP contribution in [-0.2, 0) is 11.8 Å². The molecule has 3 aromatic rings. The van der Waals surface area contributed by atoms with E-state index in [-0.39, 0.29) is 0 Å². The highest BCUT2D eigenvalue weighted by molar-refractivity contribution is 5.84. The van der Waals surface area contributed by atoms with Crippen LogP contribution in [0.2, 0.25) is 0 Å². The molecule has 0 spiro atoms. The van der Waals surface area contributed by atoms with Gasteiger partial charge in [0.1, 0.15) is 6.79 Å². The van der Waals surface area contributed by atoms with Crippen molar-refractivity contribution in [2.24, 2.45) is 7.05 Å². The summed E-state index contributed by atoms with van der Waals surface area (Å²) in [5, 5.41) is 3.38. The molecule has 0 aliphatic heterocycles. The molecule has 2 aromatic carbocycles. The Kier molecular flexibility index (Phi) is 15.5. The Morgan fingerprint density at radius 1 is 1.06 bits per heavy atom. The smallest absolute Gasteiger partial charge is 0.150 e. The van der Waals surface area contributed by atoms with Gasteiger partial charge in [-0.15, -0.1) is 0 Å². The van der Waals surface area contributed by atoms with Crippen LogP contribution in [0.1, 0.15) is 60.7 Å². The molecule has 0 amide bonds. The molecular weight excluding hydrogens is 410 g/mol. The highest BCUT2D eigenvalue weighted by atomic mass is 16.1. The zero-order valence-electron chi connectivity index (χ0n) is 20.8. The number of carbonyl (C=O) groups is 2. The van der Waals surface area contributed by atoms with E-state index in [1.165, 1.54) is 23.9 Å². The van der Waals surface area contributed by atoms with Gasteiger partial charge >= 0.3 is 0 Å². The molecule has 178 valence electrons. The van der Waals surface area contributed by atoms with Crippen LogP contribution in [0.5, 0.6) is 0 Å². The van der Waals surface area contributed by atoms with Crippen molar-refractivity contribution in [3.8, 4) is 0 Å². The molecule has 0 aliphatic carbocycles. The van der Waals surface area contributed by atoms with Gasteiger partial charge in [0.2, 0.25) is 0 Å². The van der Waals surface area contributed by atoms with Crippen molar-refractivity contribution in [2.45, 2.75) is 46.6 Å². The first kappa shape index (κ1) is 29.7. The molecule has 3 rings (SSSR count). The standard InChI is InChI=1S/C11H10O.C9H10N2.C7H17N.CH2O/c1-3-9-6-5-7-10(8-12)11(9)4-2;1-7-4-3-5-8-9(7)10-6-11(8)2;1-4-6-8-7(3)5-2;1-2/h3-8H,1-2H2;3-6H,1-2H3;7-8H,4-6H2,1-3H3;1H2. The molecular formula is C28H39N3O2. The first-order chi connectivity index (χ1) is 15.9. The highest BCUT2D eigenvalue weighted by Crippen LogP contribution is 2.16. The van der Waals surface area contributed by atoms with E-state index in [1.807, 2.05) is 36.9 Å². The number of hydrogen-bond acceptors (Lipinski definition) is 4. The summed E-state index contributed by atoms with van der Waals surface area (Å²) in [6, 6.07) is 12.4. The fourth-order valence-electron chi connectivity index (χ4n) is 2.96. The number of aryl methyl sites for hydroxylation is 2. The number of rotatable bonds is 7. The molecule has 1 atom stereocenters. The molecule has 1 aromatic heterocycles. The van der Waals surface area contributed by atoms with Gasteiger partial charge in [-0.25, -0.2) is 4.98 Å². The predicted molar refractivity (Wildman–Crippen MR) is 143 cm³/mol. The maximum Gasteiger partial charge on any atom is 0.150 e. The van der Waals surface area contributed by atoms with Crippen molar-refractivity contribution in [1.29, 1.82) is 0 Å². The number of imidazole rings is 1. The lowest BCUT2D eigenvalue weighted by Gasteiger charge is -2.08. The minimum Gasteiger partial charge on any atom is -0.334 e. The highest BCUT2D eigenvalue weighted by Gasteiger charge is 2.00. The summed E-state index contributed by atoms with van der Waals surface area (Å²) >= 11 is 0. The minimum absolute atomic E-state index is 0.655. The van der Waals surface area contributed by atoms with Gasteiger partial charge in [-0.3, -0.25) is 4.79 Å². The van der Waals surface area contributed by atoms with Crippen molar-refractivity contribution < 1.29 is 9.59 Å². The summed E-state index contributed by atoms with van der Waals surface area (Å²) in [7, 11) is 2.01. The maximum atomic E-state index is 10.6. The SMILES string of the molecule is C=Cc1cccc(C=O)c1C=C.C=O.CCCNC(C)CC.Cc1cccc2c1ncn2C. The van der Waals surface area contributed by atoms with Gasteiger partial charge in [0.15, 0.2) is 6.29 Å². The monoisotopic (exact) mass is 449 g/mol. The molecule has 0 saturated carbocycles. The second-order valence-corrected chi connectivity index (χ2v) is 7.44. The number of benzene rings is 2. The van der Waals surface area contributed by atoms with E-state index >= 15 is 0 Å². The number of nitrogens with zero attached hydrogens (tertiary/aromatic N) is 2.